The summed E-state index contributed by atoms with van der Waals surface area (Å²) in [5, 5.41) is 23.4. The van der Waals surface area contributed by atoms with E-state index in [1.54, 1.807) is 0 Å². The lowest BCUT2D eigenvalue weighted by atomic mass is 10.0. The van der Waals surface area contributed by atoms with Crippen molar-refractivity contribution in [3.63, 3.8) is 0 Å². The smallest absolute Gasteiger partial charge is 0.305 e. The van der Waals surface area contributed by atoms with Crippen molar-refractivity contribution in [1.82, 2.24) is 5.32 Å². The number of ether oxygens (including phenoxy) is 1. The van der Waals surface area contributed by atoms with Crippen molar-refractivity contribution in [2.24, 2.45) is 0 Å². The van der Waals surface area contributed by atoms with Gasteiger partial charge in [0.15, 0.2) is 0 Å². The third-order valence-corrected chi connectivity index (χ3v) is 16.3. The highest BCUT2D eigenvalue weighted by Gasteiger charge is 2.20. The van der Waals surface area contributed by atoms with Crippen LogP contribution in [0.4, 0.5) is 0 Å². The topological polar surface area (TPSA) is 95.9 Å². The van der Waals surface area contributed by atoms with Crippen molar-refractivity contribution in [3.8, 4) is 0 Å². The number of esters is 1. The molecule has 0 aliphatic heterocycles. The number of carbonyl (C=O) groups is 2. The van der Waals surface area contributed by atoms with Gasteiger partial charge >= 0.3 is 5.97 Å². The summed E-state index contributed by atoms with van der Waals surface area (Å²) < 4.78 is 5.49. The normalized spacial score (nSPS) is 12.5. The number of rotatable bonds is 65. The molecule has 0 spiro atoms. The van der Waals surface area contributed by atoms with Gasteiger partial charge in [-0.2, -0.15) is 0 Å². The highest BCUT2D eigenvalue weighted by molar-refractivity contribution is 5.76. The molecule has 75 heavy (non-hydrogen) atoms. The molecule has 6 heteroatoms. The van der Waals surface area contributed by atoms with Crippen LogP contribution < -0.4 is 5.32 Å². The number of nitrogens with one attached hydrogen (secondary N) is 1. The van der Waals surface area contributed by atoms with E-state index >= 15 is 0 Å². The van der Waals surface area contributed by atoms with Crippen LogP contribution in [0.5, 0.6) is 0 Å². The lowest BCUT2D eigenvalue weighted by Crippen LogP contribution is -2.45. The molecule has 2 atom stereocenters. The molecule has 0 saturated carbocycles. The van der Waals surface area contributed by atoms with Gasteiger partial charge < -0.3 is 20.3 Å². The molecule has 0 aliphatic carbocycles. The molecule has 3 N–H and O–H groups in total. The number of aliphatic hydroxyl groups is 2. The summed E-state index contributed by atoms with van der Waals surface area (Å²) in [6.07, 6.45) is 79.6. The molecule has 0 aromatic rings. The first-order valence-corrected chi connectivity index (χ1v) is 34.4. The molecule has 6 nitrogen and oxygen atoms in total. The maximum Gasteiger partial charge on any atom is 0.305 e. The van der Waals surface area contributed by atoms with Crippen molar-refractivity contribution < 1.29 is 24.5 Å². The Hall–Kier alpha value is -1.40. The highest BCUT2D eigenvalue weighted by atomic mass is 16.5. The van der Waals surface area contributed by atoms with E-state index in [1.807, 2.05) is 0 Å². The van der Waals surface area contributed by atoms with Crippen molar-refractivity contribution in [2.45, 2.75) is 405 Å². The lowest BCUT2D eigenvalue weighted by Gasteiger charge is -2.22. The molecule has 0 aromatic heterocycles. The number of amides is 1. The van der Waals surface area contributed by atoms with E-state index in [0.717, 1.165) is 44.9 Å². The lowest BCUT2D eigenvalue weighted by molar-refractivity contribution is -0.143. The molecule has 0 radical (unpaired) electrons. The van der Waals surface area contributed by atoms with Crippen LogP contribution in [0, 0.1) is 0 Å². The standard InChI is InChI=1S/C69H135NO5/c1-3-5-7-9-11-13-15-17-19-30-34-37-41-45-49-53-57-61-67(72)66(65-71)70-68(73)62-58-54-50-46-42-38-35-31-28-26-24-22-20-21-23-25-27-29-32-36-40-44-48-52-56-60-64-75-69(74)63-59-55-51-47-43-39-33-18-16-14-12-10-8-6-4-2/h18,33,66-67,71-72H,3-17,19-32,34-65H2,1-2H3,(H,70,73)/b33-18-. The van der Waals surface area contributed by atoms with Crippen LogP contribution in [0.2, 0.25) is 0 Å². The maximum absolute atomic E-state index is 12.5. The molecule has 0 rings (SSSR count). The minimum absolute atomic E-state index is 0.0103. The number of carbonyl (C=O) groups excluding carboxylic acids is 2. The van der Waals surface area contributed by atoms with Crippen molar-refractivity contribution in [1.29, 1.82) is 0 Å². The van der Waals surface area contributed by atoms with Gasteiger partial charge in [-0.25, -0.2) is 0 Å². The summed E-state index contributed by atoms with van der Waals surface area (Å²) in [6, 6.07) is -0.539. The van der Waals surface area contributed by atoms with E-state index in [0.29, 0.717) is 25.9 Å². The third kappa shape index (κ3) is 61.7. The SMILES string of the molecule is CCCCCCCC/C=C\CCCCCCCC(=O)OCCCCCCCCCCCCCCCCCCCCCCCCCCCCC(=O)NC(CO)C(O)CCCCCCCCCCCCCCCCCCC. The molecular formula is C69H135NO5. The van der Waals surface area contributed by atoms with Gasteiger partial charge in [-0.05, 0) is 51.4 Å². The zero-order valence-corrected chi connectivity index (χ0v) is 51.1. The Morgan fingerprint density at radius 1 is 0.360 bits per heavy atom. The van der Waals surface area contributed by atoms with Crippen LogP contribution in [-0.2, 0) is 14.3 Å². The summed E-state index contributed by atoms with van der Waals surface area (Å²) in [4.78, 5) is 24.6. The number of aliphatic hydroxyl groups excluding tert-OH is 2. The average molecular weight is 1060 g/mol. The molecule has 0 bridgehead atoms. The second-order valence-corrected chi connectivity index (χ2v) is 23.9. The van der Waals surface area contributed by atoms with Crippen molar-refractivity contribution in [2.75, 3.05) is 13.2 Å². The molecule has 0 saturated heterocycles. The molecule has 2 unspecified atom stereocenters. The Kier molecular flexibility index (Phi) is 63.9. The fourth-order valence-electron chi connectivity index (χ4n) is 11.1. The van der Waals surface area contributed by atoms with E-state index in [9.17, 15) is 19.8 Å². The molecule has 0 aromatic carbocycles. The first-order valence-electron chi connectivity index (χ1n) is 34.4. The summed E-state index contributed by atoms with van der Waals surface area (Å²) in [5.74, 6) is -0.0186. The fourth-order valence-corrected chi connectivity index (χ4v) is 11.1. The van der Waals surface area contributed by atoms with Crippen LogP contribution in [0.1, 0.15) is 393 Å². The Morgan fingerprint density at radius 2 is 0.627 bits per heavy atom. The van der Waals surface area contributed by atoms with Crippen LogP contribution in [-0.4, -0.2) is 47.4 Å². The quantitative estimate of drug-likeness (QED) is 0.0320. The van der Waals surface area contributed by atoms with Crippen molar-refractivity contribution in [3.05, 3.63) is 12.2 Å². The number of unbranched alkanes of at least 4 members (excludes halogenated alkanes) is 52. The zero-order chi connectivity index (χ0) is 54.3. The first-order chi connectivity index (χ1) is 37.0. The summed E-state index contributed by atoms with van der Waals surface area (Å²) in [6.45, 7) is 4.98. The second kappa shape index (κ2) is 65.1. The van der Waals surface area contributed by atoms with Crippen molar-refractivity contribution >= 4 is 11.9 Å². The predicted octanol–water partition coefficient (Wildman–Crippen LogP) is 22.0. The van der Waals surface area contributed by atoms with Gasteiger partial charge in [-0.3, -0.25) is 9.59 Å². The number of hydrogen-bond acceptors (Lipinski definition) is 5. The van der Waals surface area contributed by atoms with Gasteiger partial charge in [0.25, 0.3) is 0 Å². The van der Waals surface area contributed by atoms with E-state index < -0.39 is 12.1 Å². The van der Waals surface area contributed by atoms with Crippen LogP contribution in [0.15, 0.2) is 12.2 Å². The van der Waals surface area contributed by atoms with Gasteiger partial charge in [0.1, 0.15) is 0 Å². The van der Waals surface area contributed by atoms with Crippen LogP contribution >= 0.6 is 0 Å². The Bertz CT molecular complexity index is 1130. The fraction of sp³-hybridized carbons (Fsp3) is 0.942. The van der Waals surface area contributed by atoms with E-state index in [4.69, 9.17) is 4.74 Å². The van der Waals surface area contributed by atoms with E-state index in [1.165, 1.54) is 315 Å². The van der Waals surface area contributed by atoms with Gasteiger partial charge in [0, 0.05) is 12.8 Å². The first kappa shape index (κ1) is 73.6. The Morgan fingerprint density at radius 3 is 0.947 bits per heavy atom. The zero-order valence-electron chi connectivity index (χ0n) is 51.1. The molecule has 446 valence electrons. The second-order valence-electron chi connectivity index (χ2n) is 23.9. The molecule has 1 amide bonds. The minimum Gasteiger partial charge on any atom is -0.466 e. The van der Waals surface area contributed by atoms with E-state index in [2.05, 4.69) is 31.3 Å². The molecule has 0 fully saturated rings. The largest absolute Gasteiger partial charge is 0.466 e. The monoisotopic (exact) mass is 1060 g/mol. The Balaban J connectivity index is 3.34. The van der Waals surface area contributed by atoms with Gasteiger partial charge in [-0.15, -0.1) is 0 Å². The van der Waals surface area contributed by atoms with Gasteiger partial charge in [0.05, 0.1) is 25.4 Å². The summed E-state index contributed by atoms with van der Waals surface area (Å²) >= 11 is 0. The van der Waals surface area contributed by atoms with Gasteiger partial charge in [-0.1, -0.05) is 341 Å². The van der Waals surface area contributed by atoms with E-state index in [-0.39, 0.29) is 18.5 Å². The predicted molar refractivity (Wildman–Crippen MR) is 329 cm³/mol. The molecular weight excluding hydrogens is 923 g/mol. The Labute approximate surface area is 469 Å². The van der Waals surface area contributed by atoms with Crippen LogP contribution in [0.3, 0.4) is 0 Å². The molecule has 0 heterocycles. The number of allylic oxidation sites excluding steroid dienone is 2. The summed E-state index contributed by atoms with van der Waals surface area (Å²) in [7, 11) is 0. The third-order valence-electron chi connectivity index (χ3n) is 16.3. The number of hydrogen-bond donors (Lipinski definition) is 3. The summed E-state index contributed by atoms with van der Waals surface area (Å²) in [5.41, 5.74) is 0. The van der Waals surface area contributed by atoms with Crippen LogP contribution in [0.25, 0.3) is 0 Å². The molecule has 0 aliphatic rings. The minimum atomic E-state index is -0.662. The average Bonchev–Trinajstić information content (AvgIpc) is 3.41. The maximum atomic E-state index is 12.5. The van der Waals surface area contributed by atoms with Gasteiger partial charge in [0.2, 0.25) is 5.91 Å². The highest BCUT2D eigenvalue weighted by Crippen LogP contribution is 2.19.